The van der Waals surface area contributed by atoms with Crippen molar-refractivity contribution in [3.05, 3.63) is 29.3 Å². The molecule has 2 nitrogen and oxygen atoms in total. The summed E-state index contributed by atoms with van der Waals surface area (Å²) in [7, 11) is 1.50. The lowest BCUT2D eigenvalue weighted by molar-refractivity contribution is 0.543. The molecule has 1 aliphatic rings. The molecule has 0 aromatic heterocycles. The Morgan fingerprint density at radius 2 is 1.86 bits per heavy atom. The average Bonchev–Trinajstić information content (AvgIpc) is 2.62. The fourth-order valence-electron chi connectivity index (χ4n) is 2.02. The summed E-state index contributed by atoms with van der Waals surface area (Å²) in [5, 5.41) is 0. The van der Waals surface area contributed by atoms with E-state index in [-0.39, 0.29) is 0 Å². The third-order valence-electron chi connectivity index (χ3n) is 2.82. The van der Waals surface area contributed by atoms with Crippen molar-refractivity contribution in [1.29, 1.82) is 0 Å². The van der Waals surface area contributed by atoms with Crippen LogP contribution in [0.5, 0.6) is 0 Å². The largest absolute Gasteiger partial charge is 0.399 e. The molecule has 0 radical (unpaired) electrons. The quantitative estimate of drug-likeness (QED) is 0.668. The predicted octanol–water partition coefficient (Wildman–Crippen LogP) is 1.97. The van der Waals surface area contributed by atoms with Gasteiger partial charge in [0.2, 0.25) is 0 Å². The summed E-state index contributed by atoms with van der Waals surface area (Å²) in [5.74, 6) is 0.863. The van der Waals surface area contributed by atoms with E-state index in [1.54, 1.807) is 0 Å². The van der Waals surface area contributed by atoms with Gasteiger partial charge in [-0.05, 0) is 49.1 Å². The molecular weight excluding hydrogens is 172 g/mol. The predicted molar refractivity (Wildman–Crippen MR) is 62.2 cm³/mol. The third-order valence-corrected chi connectivity index (χ3v) is 2.82. The lowest BCUT2D eigenvalue weighted by Gasteiger charge is -2.01. The average molecular weight is 192 g/mol. The Bertz CT molecular complexity index is 294. The van der Waals surface area contributed by atoms with E-state index < -0.39 is 0 Å². The van der Waals surface area contributed by atoms with Crippen LogP contribution < -0.4 is 11.5 Å². The number of hydrogen-bond donors (Lipinski definition) is 2. The first-order valence-corrected chi connectivity index (χ1v) is 5.24. The first-order valence-electron chi connectivity index (χ1n) is 5.24. The maximum absolute atomic E-state index is 5.72. The highest BCUT2D eigenvalue weighted by Crippen LogP contribution is 2.29. The monoisotopic (exact) mass is 192 g/mol. The van der Waals surface area contributed by atoms with Crippen molar-refractivity contribution in [1.82, 2.24) is 0 Å². The van der Waals surface area contributed by atoms with Gasteiger partial charge in [0.1, 0.15) is 0 Å². The summed E-state index contributed by atoms with van der Waals surface area (Å²) in [6.07, 6.45) is 3.78. The molecule has 1 aliphatic carbocycles. The Labute approximate surface area is 86.3 Å². The van der Waals surface area contributed by atoms with Gasteiger partial charge in [-0.1, -0.05) is 19.4 Å². The van der Waals surface area contributed by atoms with Gasteiger partial charge in [-0.3, -0.25) is 0 Å². The highest BCUT2D eigenvalue weighted by molar-refractivity contribution is 5.46. The SMILES string of the molecule is CCC1Cc2ccc(N)cc2C1.CN. The van der Waals surface area contributed by atoms with Crippen LogP contribution in [0.1, 0.15) is 24.5 Å². The van der Waals surface area contributed by atoms with Gasteiger partial charge in [-0.15, -0.1) is 0 Å². The molecule has 4 N–H and O–H groups in total. The second kappa shape index (κ2) is 5.01. The van der Waals surface area contributed by atoms with Crippen LogP contribution in [-0.2, 0) is 12.8 Å². The van der Waals surface area contributed by atoms with Crippen LogP contribution in [0.25, 0.3) is 0 Å². The van der Waals surface area contributed by atoms with Crippen molar-refractivity contribution in [3.8, 4) is 0 Å². The van der Waals surface area contributed by atoms with Crippen molar-refractivity contribution < 1.29 is 0 Å². The summed E-state index contributed by atoms with van der Waals surface area (Å²) in [6.45, 7) is 2.26. The van der Waals surface area contributed by atoms with Gasteiger partial charge in [0.25, 0.3) is 0 Å². The van der Waals surface area contributed by atoms with Crippen molar-refractivity contribution >= 4 is 5.69 Å². The minimum Gasteiger partial charge on any atom is -0.399 e. The Morgan fingerprint density at radius 1 is 1.21 bits per heavy atom. The number of nitrogens with two attached hydrogens (primary N) is 2. The second-order valence-corrected chi connectivity index (χ2v) is 3.71. The molecule has 0 fully saturated rings. The molecule has 0 bridgehead atoms. The van der Waals surface area contributed by atoms with E-state index in [4.69, 9.17) is 5.73 Å². The minimum atomic E-state index is 0.863. The van der Waals surface area contributed by atoms with E-state index in [2.05, 4.69) is 24.8 Å². The highest BCUT2D eigenvalue weighted by Gasteiger charge is 2.19. The summed E-state index contributed by atoms with van der Waals surface area (Å²) >= 11 is 0. The zero-order chi connectivity index (χ0) is 10.6. The van der Waals surface area contributed by atoms with Crippen LogP contribution in [0.3, 0.4) is 0 Å². The van der Waals surface area contributed by atoms with E-state index in [9.17, 15) is 0 Å². The first kappa shape index (κ1) is 11.1. The fraction of sp³-hybridized carbons (Fsp3) is 0.500. The molecule has 1 atom stereocenters. The van der Waals surface area contributed by atoms with Crippen LogP contribution in [0.2, 0.25) is 0 Å². The zero-order valence-corrected chi connectivity index (χ0v) is 9.09. The number of benzene rings is 1. The maximum Gasteiger partial charge on any atom is 0.0316 e. The summed E-state index contributed by atoms with van der Waals surface area (Å²) in [6, 6.07) is 6.32. The second-order valence-electron chi connectivity index (χ2n) is 3.71. The number of anilines is 1. The highest BCUT2D eigenvalue weighted by atomic mass is 14.5. The molecule has 1 aromatic rings. The molecule has 78 valence electrons. The van der Waals surface area contributed by atoms with Gasteiger partial charge >= 0.3 is 0 Å². The molecular formula is C12H20N2. The number of rotatable bonds is 1. The van der Waals surface area contributed by atoms with Crippen molar-refractivity contribution in [2.24, 2.45) is 11.7 Å². The smallest absolute Gasteiger partial charge is 0.0316 e. The Morgan fingerprint density at radius 3 is 2.50 bits per heavy atom. The van der Waals surface area contributed by atoms with Gasteiger partial charge in [0.15, 0.2) is 0 Å². The van der Waals surface area contributed by atoms with Crippen LogP contribution in [0, 0.1) is 5.92 Å². The van der Waals surface area contributed by atoms with Crippen LogP contribution in [0.4, 0.5) is 5.69 Å². The molecule has 2 rings (SSSR count). The molecule has 0 amide bonds. The van der Waals surface area contributed by atoms with E-state index in [1.807, 2.05) is 6.07 Å². The van der Waals surface area contributed by atoms with Gasteiger partial charge in [-0.25, -0.2) is 0 Å². The zero-order valence-electron chi connectivity index (χ0n) is 9.09. The molecule has 1 unspecified atom stereocenters. The minimum absolute atomic E-state index is 0.863. The van der Waals surface area contributed by atoms with Gasteiger partial charge in [0.05, 0.1) is 0 Å². The molecule has 14 heavy (non-hydrogen) atoms. The van der Waals surface area contributed by atoms with Crippen molar-refractivity contribution in [2.75, 3.05) is 12.8 Å². The van der Waals surface area contributed by atoms with E-state index in [0.717, 1.165) is 11.6 Å². The fourth-order valence-corrected chi connectivity index (χ4v) is 2.02. The number of hydrogen-bond acceptors (Lipinski definition) is 2. The number of nitrogen functional groups attached to an aromatic ring is 1. The van der Waals surface area contributed by atoms with Gasteiger partial charge in [0, 0.05) is 5.69 Å². The molecule has 1 aromatic carbocycles. The van der Waals surface area contributed by atoms with E-state index >= 15 is 0 Å². The lowest BCUT2D eigenvalue weighted by Crippen LogP contribution is -1.95. The van der Waals surface area contributed by atoms with Crippen LogP contribution >= 0.6 is 0 Å². The van der Waals surface area contributed by atoms with Crippen LogP contribution in [-0.4, -0.2) is 7.05 Å². The van der Waals surface area contributed by atoms with Gasteiger partial charge in [-0.2, -0.15) is 0 Å². The van der Waals surface area contributed by atoms with Crippen LogP contribution in [0.15, 0.2) is 18.2 Å². The molecule has 0 saturated carbocycles. The summed E-state index contributed by atoms with van der Waals surface area (Å²) < 4.78 is 0. The van der Waals surface area contributed by atoms with Gasteiger partial charge < -0.3 is 11.5 Å². The Kier molecular flexibility index (Phi) is 3.96. The summed E-state index contributed by atoms with van der Waals surface area (Å²) in [4.78, 5) is 0. The van der Waals surface area contributed by atoms with Crippen molar-refractivity contribution in [3.63, 3.8) is 0 Å². The van der Waals surface area contributed by atoms with E-state index in [0.29, 0.717) is 0 Å². The molecule has 0 aliphatic heterocycles. The Hall–Kier alpha value is -1.02. The van der Waals surface area contributed by atoms with E-state index in [1.165, 1.54) is 37.4 Å². The Balaban J connectivity index is 0.000000461. The first-order chi connectivity index (χ1) is 6.79. The normalized spacial score (nSPS) is 18.4. The topological polar surface area (TPSA) is 52.0 Å². The maximum atomic E-state index is 5.72. The molecule has 0 saturated heterocycles. The third kappa shape index (κ3) is 2.26. The molecule has 2 heteroatoms. The number of fused-ring (bicyclic) bond motifs is 1. The lowest BCUT2D eigenvalue weighted by atomic mass is 10.0. The molecule has 0 heterocycles. The summed E-state index contributed by atoms with van der Waals surface area (Å²) in [5.41, 5.74) is 14.1. The molecule has 0 spiro atoms. The van der Waals surface area contributed by atoms with Crippen molar-refractivity contribution in [2.45, 2.75) is 26.2 Å². The standard InChI is InChI=1S/C11H15N.CH5N/c1-2-8-5-9-3-4-11(12)7-10(9)6-8;1-2/h3-4,7-8H,2,5-6,12H2,1H3;2H2,1H3.